The van der Waals surface area contributed by atoms with Gasteiger partial charge in [0.1, 0.15) is 11.6 Å². The first-order chi connectivity index (χ1) is 14.6. The Hall–Kier alpha value is -3.22. The summed E-state index contributed by atoms with van der Waals surface area (Å²) < 4.78 is 5.09. The molecule has 1 aliphatic heterocycles. The van der Waals surface area contributed by atoms with Gasteiger partial charge in [-0.05, 0) is 55.7 Å². The number of methoxy groups -OCH3 is 1. The molecule has 0 unspecified atom stereocenters. The van der Waals surface area contributed by atoms with Crippen LogP contribution >= 0.6 is 0 Å². The summed E-state index contributed by atoms with van der Waals surface area (Å²) >= 11 is 0. The molecule has 1 fully saturated rings. The van der Waals surface area contributed by atoms with Gasteiger partial charge < -0.3 is 15.0 Å². The molecule has 158 valence electrons. The Bertz CT molecular complexity index is 860. The van der Waals surface area contributed by atoms with Gasteiger partial charge in [0.2, 0.25) is 11.8 Å². The van der Waals surface area contributed by atoms with Crippen LogP contribution in [0.3, 0.4) is 0 Å². The van der Waals surface area contributed by atoms with E-state index in [1.165, 1.54) is 0 Å². The smallest absolute Gasteiger partial charge is 0.228 e. The van der Waals surface area contributed by atoms with Crippen LogP contribution in [0.1, 0.15) is 42.5 Å². The van der Waals surface area contributed by atoms with Crippen molar-refractivity contribution in [1.82, 2.24) is 9.88 Å². The van der Waals surface area contributed by atoms with E-state index in [1.807, 2.05) is 6.07 Å². The third-order valence-corrected chi connectivity index (χ3v) is 5.34. The summed E-state index contributed by atoms with van der Waals surface area (Å²) in [4.78, 5) is 43.0. The molecule has 1 aliphatic rings. The number of nitrogens with one attached hydrogen (secondary N) is 1. The molecule has 0 aliphatic carbocycles. The summed E-state index contributed by atoms with van der Waals surface area (Å²) in [6.45, 7) is 1.12. The zero-order valence-electron chi connectivity index (χ0n) is 17.2. The fourth-order valence-electron chi connectivity index (χ4n) is 3.54. The first kappa shape index (κ1) is 21.5. The Labute approximate surface area is 176 Å². The Balaban J connectivity index is 1.37. The van der Waals surface area contributed by atoms with E-state index in [0.717, 1.165) is 0 Å². The molecule has 7 nitrogen and oxygen atoms in total. The standard InChI is InChI=1S/C23H27N3O4/c1-30-19-10-8-17(9-11-19)20(27)5-4-7-22(28)26-15-12-18(13-16-26)23(29)25-21-6-2-3-14-24-21/h2-3,6,8-11,14,18H,4-5,7,12-13,15-16H2,1H3,(H,24,25,29). The molecule has 1 N–H and O–H groups in total. The molecule has 7 heteroatoms. The van der Waals surface area contributed by atoms with E-state index in [9.17, 15) is 14.4 Å². The van der Waals surface area contributed by atoms with Crippen LogP contribution < -0.4 is 10.1 Å². The second kappa shape index (κ2) is 10.5. The highest BCUT2D eigenvalue weighted by Crippen LogP contribution is 2.20. The minimum absolute atomic E-state index is 0.0235. The van der Waals surface area contributed by atoms with Crippen molar-refractivity contribution in [2.24, 2.45) is 5.92 Å². The van der Waals surface area contributed by atoms with Crippen molar-refractivity contribution in [3.63, 3.8) is 0 Å². The molecule has 0 atom stereocenters. The molecule has 30 heavy (non-hydrogen) atoms. The summed E-state index contributed by atoms with van der Waals surface area (Å²) in [6.07, 6.45) is 4.10. The molecule has 2 heterocycles. The van der Waals surface area contributed by atoms with Crippen LogP contribution in [0.5, 0.6) is 5.75 Å². The molecule has 0 spiro atoms. The number of hydrogen-bond donors (Lipinski definition) is 1. The number of anilines is 1. The van der Waals surface area contributed by atoms with Gasteiger partial charge in [-0.15, -0.1) is 0 Å². The van der Waals surface area contributed by atoms with Crippen molar-refractivity contribution < 1.29 is 19.1 Å². The molecule has 0 saturated carbocycles. The van der Waals surface area contributed by atoms with E-state index in [0.29, 0.717) is 62.3 Å². The van der Waals surface area contributed by atoms with Crippen molar-refractivity contribution in [2.45, 2.75) is 32.1 Å². The van der Waals surface area contributed by atoms with Crippen molar-refractivity contribution in [3.05, 3.63) is 54.2 Å². The Morgan fingerprint density at radius 1 is 1.07 bits per heavy atom. The van der Waals surface area contributed by atoms with Gasteiger partial charge in [-0.1, -0.05) is 6.07 Å². The average Bonchev–Trinajstić information content (AvgIpc) is 2.79. The van der Waals surface area contributed by atoms with Gasteiger partial charge in [-0.3, -0.25) is 14.4 Å². The van der Waals surface area contributed by atoms with Gasteiger partial charge in [0.05, 0.1) is 7.11 Å². The predicted octanol–water partition coefficient (Wildman–Crippen LogP) is 3.32. The number of hydrogen-bond acceptors (Lipinski definition) is 5. The van der Waals surface area contributed by atoms with E-state index in [-0.39, 0.29) is 23.5 Å². The molecular formula is C23H27N3O4. The number of aromatic nitrogens is 1. The van der Waals surface area contributed by atoms with Gasteiger partial charge >= 0.3 is 0 Å². The number of Topliss-reactive ketones (excluding diaryl/α,β-unsaturated/α-hetero) is 1. The first-order valence-corrected chi connectivity index (χ1v) is 10.2. The van der Waals surface area contributed by atoms with E-state index >= 15 is 0 Å². The van der Waals surface area contributed by atoms with Crippen LogP contribution in [0.25, 0.3) is 0 Å². The van der Waals surface area contributed by atoms with Crippen LogP contribution in [0, 0.1) is 5.92 Å². The second-order valence-electron chi connectivity index (χ2n) is 7.36. The summed E-state index contributed by atoms with van der Waals surface area (Å²) in [5.74, 6) is 1.15. The Morgan fingerprint density at radius 3 is 2.43 bits per heavy atom. The Morgan fingerprint density at radius 2 is 1.80 bits per heavy atom. The molecule has 1 aromatic carbocycles. The maximum absolute atomic E-state index is 12.5. The molecule has 0 bridgehead atoms. The molecule has 2 aromatic rings. The molecule has 1 saturated heterocycles. The first-order valence-electron chi connectivity index (χ1n) is 10.2. The summed E-state index contributed by atoms with van der Waals surface area (Å²) in [5, 5.41) is 2.83. The molecule has 0 radical (unpaired) electrons. The number of benzene rings is 1. The van der Waals surface area contributed by atoms with Crippen LogP contribution in [0.15, 0.2) is 48.7 Å². The fourth-order valence-corrected chi connectivity index (χ4v) is 3.54. The third kappa shape index (κ3) is 5.89. The maximum atomic E-state index is 12.5. The van der Waals surface area contributed by atoms with Crippen LogP contribution in [0.2, 0.25) is 0 Å². The predicted molar refractivity (Wildman–Crippen MR) is 113 cm³/mol. The highest BCUT2D eigenvalue weighted by Gasteiger charge is 2.27. The number of likely N-dealkylation sites (tertiary alicyclic amines) is 1. The average molecular weight is 409 g/mol. The molecular weight excluding hydrogens is 382 g/mol. The fraction of sp³-hybridized carbons (Fsp3) is 0.391. The lowest BCUT2D eigenvalue weighted by Crippen LogP contribution is -2.41. The Kier molecular flexibility index (Phi) is 7.54. The summed E-state index contributed by atoms with van der Waals surface area (Å²) in [5.41, 5.74) is 0.628. The topological polar surface area (TPSA) is 88.6 Å². The lowest BCUT2D eigenvalue weighted by molar-refractivity contribution is -0.134. The highest BCUT2D eigenvalue weighted by atomic mass is 16.5. The zero-order valence-corrected chi connectivity index (χ0v) is 17.2. The van der Waals surface area contributed by atoms with Crippen LogP contribution in [0.4, 0.5) is 5.82 Å². The number of nitrogens with zero attached hydrogens (tertiary/aromatic N) is 2. The monoisotopic (exact) mass is 409 g/mol. The van der Waals surface area contributed by atoms with E-state index in [2.05, 4.69) is 10.3 Å². The minimum atomic E-state index is -0.118. The quantitative estimate of drug-likeness (QED) is 0.676. The van der Waals surface area contributed by atoms with Gasteiger partial charge in [-0.25, -0.2) is 4.98 Å². The minimum Gasteiger partial charge on any atom is -0.497 e. The molecule has 1 aromatic heterocycles. The van der Waals surface area contributed by atoms with E-state index in [1.54, 1.807) is 54.6 Å². The number of amides is 2. The zero-order chi connectivity index (χ0) is 21.3. The summed E-state index contributed by atoms with van der Waals surface area (Å²) in [7, 11) is 1.58. The van der Waals surface area contributed by atoms with Crippen molar-refractivity contribution >= 4 is 23.4 Å². The second-order valence-corrected chi connectivity index (χ2v) is 7.36. The largest absolute Gasteiger partial charge is 0.497 e. The van der Waals surface area contributed by atoms with E-state index in [4.69, 9.17) is 4.74 Å². The van der Waals surface area contributed by atoms with Crippen molar-refractivity contribution in [2.75, 3.05) is 25.5 Å². The molecule has 2 amide bonds. The summed E-state index contributed by atoms with van der Waals surface area (Å²) in [6, 6.07) is 12.4. The third-order valence-electron chi connectivity index (χ3n) is 5.34. The lowest BCUT2D eigenvalue weighted by Gasteiger charge is -2.31. The highest BCUT2D eigenvalue weighted by molar-refractivity contribution is 5.96. The normalized spacial score (nSPS) is 14.2. The van der Waals surface area contributed by atoms with Gasteiger partial charge in [0.15, 0.2) is 5.78 Å². The van der Waals surface area contributed by atoms with Crippen molar-refractivity contribution in [3.8, 4) is 5.75 Å². The van der Waals surface area contributed by atoms with E-state index < -0.39 is 0 Å². The van der Waals surface area contributed by atoms with Crippen molar-refractivity contribution in [1.29, 1.82) is 0 Å². The molecule has 3 rings (SSSR count). The number of rotatable bonds is 8. The van der Waals surface area contributed by atoms with Crippen LogP contribution in [-0.4, -0.2) is 47.7 Å². The lowest BCUT2D eigenvalue weighted by atomic mass is 9.95. The van der Waals surface area contributed by atoms with Gasteiger partial charge in [-0.2, -0.15) is 0 Å². The number of carbonyl (C=O) groups is 3. The van der Waals surface area contributed by atoms with Gasteiger partial charge in [0.25, 0.3) is 0 Å². The SMILES string of the molecule is COc1ccc(C(=O)CCCC(=O)N2CCC(C(=O)Nc3ccccn3)CC2)cc1. The van der Waals surface area contributed by atoms with Crippen LogP contribution in [-0.2, 0) is 9.59 Å². The number of carbonyl (C=O) groups excluding carboxylic acids is 3. The number of piperidine rings is 1. The van der Waals surface area contributed by atoms with Gasteiger partial charge in [0, 0.05) is 43.6 Å². The number of ketones is 1. The number of ether oxygens (including phenoxy) is 1. The number of pyridine rings is 1. The maximum Gasteiger partial charge on any atom is 0.228 e.